The van der Waals surface area contributed by atoms with E-state index in [0.717, 1.165) is 5.56 Å². The topological polar surface area (TPSA) is 96.5 Å². The van der Waals surface area contributed by atoms with Crippen molar-refractivity contribution in [3.8, 4) is 11.1 Å². The molecule has 1 amide bonds. The van der Waals surface area contributed by atoms with Gasteiger partial charge < -0.3 is 14.9 Å². The molecule has 1 saturated heterocycles. The number of rotatable bonds is 5. The van der Waals surface area contributed by atoms with E-state index in [1.165, 1.54) is 22.9 Å². The molecule has 1 fully saturated rings. The van der Waals surface area contributed by atoms with Crippen molar-refractivity contribution in [3.05, 3.63) is 76.3 Å². The van der Waals surface area contributed by atoms with Gasteiger partial charge in [-0.15, -0.1) is 0 Å². The normalized spacial score (nSPS) is 16.7. The highest BCUT2D eigenvalue weighted by Gasteiger charge is 2.28. The summed E-state index contributed by atoms with van der Waals surface area (Å²) in [6, 6.07) is 8.13. The largest absolute Gasteiger partial charge is 0.387 e. The van der Waals surface area contributed by atoms with Crippen LogP contribution >= 0.6 is 0 Å². The van der Waals surface area contributed by atoms with Gasteiger partial charge in [0.2, 0.25) is 11.9 Å². The summed E-state index contributed by atoms with van der Waals surface area (Å²) in [6.07, 6.45) is 3.37. The summed E-state index contributed by atoms with van der Waals surface area (Å²) in [4.78, 5) is 37.5. The Kier molecular flexibility index (Phi) is 6.70. The standard InChI is InChI=1S/C27H28F2N6O3/c1-16-14-33(9-10-34(16)24(37)15-36)27-30-12-19(13-31-27)18-7-8-20-23(11-18)35(32(3)26(20)38)17(2)25-21(28)5-4-6-22(25)29/h4-8,11-13,16-17,36H,9-10,14-15H2,1-3H3/t16?,17-/m0/s1. The first-order chi connectivity index (χ1) is 18.2. The smallest absolute Gasteiger partial charge is 0.274 e. The van der Waals surface area contributed by atoms with Crippen molar-refractivity contribution >= 4 is 22.8 Å². The van der Waals surface area contributed by atoms with Crippen LogP contribution in [0.3, 0.4) is 0 Å². The van der Waals surface area contributed by atoms with Gasteiger partial charge in [-0.05, 0) is 43.7 Å². The molecular formula is C27H28F2N6O3. The lowest BCUT2D eigenvalue weighted by molar-refractivity contribution is -0.136. The molecule has 11 heteroatoms. The summed E-state index contributed by atoms with van der Waals surface area (Å²) in [6.45, 7) is 4.61. The van der Waals surface area contributed by atoms with Crippen LogP contribution in [-0.2, 0) is 11.8 Å². The zero-order chi connectivity index (χ0) is 27.1. The van der Waals surface area contributed by atoms with Gasteiger partial charge in [0.05, 0.1) is 16.9 Å². The molecule has 1 aliphatic rings. The minimum atomic E-state index is -0.779. The maximum absolute atomic E-state index is 14.6. The second-order valence-corrected chi connectivity index (χ2v) is 9.53. The van der Waals surface area contributed by atoms with E-state index >= 15 is 0 Å². The van der Waals surface area contributed by atoms with Gasteiger partial charge in [-0.25, -0.2) is 18.7 Å². The third-order valence-electron chi connectivity index (χ3n) is 7.21. The number of fused-ring (bicyclic) bond motifs is 1. The first-order valence-corrected chi connectivity index (χ1v) is 12.3. The number of aromatic nitrogens is 4. The average molecular weight is 523 g/mol. The van der Waals surface area contributed by atoms with Gasteiger partial charge in [0, 0.05) is 56.2 Å². The molecule has 0 spiro atoms. The van der Waals surface area contributed by atoms with Crippen LogP contribution in [0.4, 0.5) is 14.7 Å². The van der Waals surface area contributed by atoms with Crippen LogP contribution in [0.5, 0.6) is 0 Å². The molecule has 9 nitrogen and oxygen atoms in total. The number of hydrogen-bond donors (Lipinski definition) is 1. The number of carbonyl (C=O) groups is 1. The molecule has 0 saturated carbocycles. The zero-order valence-electron chi connectivity index (χ0n) is 21.3. The molecule has 2 aromatic heterocycles. The van der Waals surface area contributed by atoms with Crippen LogP contribution in [0.25, 0.3) is 22.0 Å². The van der Waals surface area contributed by atoms with Crippen LogP contribution in [0.1, 0.15) is 25.5 Å². The van der Waals surface area contributed by atoms with E-state index in [1.807, 2.05) is 11.8 Å². The van der Waals surface area contributed by atoms with Crippen molar-refractivity contribution in [1.82, 2.24) is 24.2 Å². The number of nitrogens with zero attached hydrogens (tertiary/aromatic N) is 6. The van der Waals surface area contributed by atoms with Crippen LogP contribution < -0.4 is 10.5 Å². The van der Waals surface area contributed by atoms with E-state index in [0.29, 0.717) is 42.0 Å². The van der Waals surface area contributed by atoms with Crippen molar-refractivity contribution in [2.24, 2.45) is 7.05 Å². The molecule has 0 bridgehead atoms. The fourth-order valence-electron chi connectivity index (χ4n) is 5.25. The molecule has 1 aliphatic heterocycles. The van der Waals surface area contributed by atoms with Crippen LogP contribution in [0.2, 0.25) is 0 Å². The second-order valence-electron chi connectivity index (χ2n) is 9.53. The summed E-state index contributed by atoms with van der Waals surface area (Å²) in [5.74, 6) is -1.13. The van der Waals surface area contributed by atoms with Gasteiger partial charge in [0.1, 0.15) is 18.2 Å². The molecule has 1 unspecified atom stereocenters. The summed E-state index contributed by atoms with van der Waals surface area (Å²) in [5.41, 5.74) is 1.61. The third-order valence-corrected chi connectivity index (χ3v) is 7.21. The molecule has 198 valence electrons. The highest BCUT2D eigenvalue weighted by Crippen LogP contribution is 2.29. The highest BCUT2D eigenvalue weighted by molar-refractivity contribution is 5.84. The number of benzene rings is 2. The van der Waals surface area contributed by atoms with Crippen LogP contribution in [0, 0.1) is 11.6 Å². The Balaban J connectivity index is 1.46. The van der Waals surface area contributed by atoms with Gasteiger partial charge in [0.25, 0.3) is 5.56 Å². The minimum absolute atomic E-state index is 0.0924. The Bertz CT molecular complexity index is 1550. The summed E-state index contributed by atoms with van der Waals surface area (Å²) in [7, 11) is 1.57. The predicted octanol–water partition coefficient (Wildman–Crippen LogP) is 2.71. The molecule has 2 aromatic carbocycles. The van der Waals surface area contributed by atoms with E-state index in [2.05, 4.69) is 9.97 Å². The Labute approximate surface area is 217 Å². The molecule has 0 radical (unpaired) electrons. The zero-order valence-corrected chi connectivity index (χ0v) is 21.3. The monoisotopic (exact) mass is 522 g/mol. The first-order valence-electron chi connectivity index (χ1n) is 12.3. The first kappa shape index (κ1) is 25.5. The van der Waals surface area contributed by atoms with Gasteiger partial charge in [0.15, 0.2) is 0 Å². The summed E-state index contributed by atoms with van der Waals surface area (Å²) in [5, 5.41) is 9.59. The van der Waals surface area contributed by atoms with E-state index < -0.39 is 24.3 Å². The molecular weight excluding hydrogens is 494 g/mol. The van der Waals surface area contributed by atoms with E-state index in [-0.39, 0.29) is 23.1 Å². The number of hydrogen-bond acceptors (Lipinski definition) is 6. The Hall–Kier alpha value is -4.12. The van der Waals surface area contributed by atoms with Crippen molar-refractivity contribution in [2.75, 3.05) is 31.1 Å². The number of piperazine rings is 1. The lowest BCUT2D eigenvalue weighted by Gasteiger charge is -2.39. The quantitative estimate of drug-likeness (QED) is 0.433. The molecule has 1 N–H and O–H groups in total. The summed E-state index contributed by atoms with van der Waals surface area (Å²) < 4.78 is 32.1. The molecule has 2 atom stereocenters. The van der Waals surface area contributed by atoms with Gasteiger partial charge in [-0.2, -0.15) is 0 Å². The van der Waals surface area contributed by atoms with Crippen LogP contribution in [-0.4, -0.2) is 67.5 Å². The van der Waals surface area contributed by atoms with Gasteiger partial charge >= 0.3 is 0 Å². The summed E-state index contributed by atoms with van der Waals surface area (Å²) >= 11 is 0. The van der Waals surface area contributed by atoms with Crippen LogP contribution in [0.15, 0.2) is 53.6 Å². The Morgan fingerprint density at radius 3 is 2.42 bits per heavy atom. The van der Waals surface area contributed by atoms with E-state index in [9.17, 15) is 18.4 Å². The third kappa shape index (κ3) is 4.32. The number of halogens is 2. The molecule has 38 heavy (non-hydrogen) atoms. The predicted molar refractivity (Wildman–Crippen MR) is 139 cm³/mol. The average Bonchev–Trinajstić information content (AvgIpc) is 3.17. The Morgan fingerprint density at radius 2 is 1.79 bits per heavy atom. The van der Waals surface area contributed by atoms with Crippen molar-refractivity contribution < 1.29 is 18.7 Å². The number of aliphatic hydroxyl groups is 1. The SMILES string of the molecule is CC1CN(c2ncc(-c3ccc4c(=O)n(C)n([C@@H](C)c5c(F)cccc5F)c4c3)cn2)CCN1C(=O)CO. The number of carbonyl (C=O) groups excluding carboxylic acids is 1. The fraction of sp³-hybridized carbons (Fsp3) is 0.333. The highest BCUT2D eigenvalue weighted by atomic mass is 19.1. The van der Waals surface area contributed by atoms with Crippen molar-refractivity contribution in [3.63, 3.8) is 0 Å². The number of aliphatic hydroxyl groups excluding tert-OH is 1. The number of anilines is 1. The fourth-order valence-corrected chi connectivity index (χ4v) is 5.25. The van der Waals surface area contributed by atoms with Gasteiger partial charge in [-0.3, -0.25) is 19.0 Å². The van der Waals surface area contributed by atoms with Crippen molar-refractivity contribution in [2.45, 2.75) is 25.9 Å². The van der Waals surface area contributed by atoms with E-state index in [1.54, 1.807) is 54.1 Å². The second kappa shape index (κ2) is 9.97. The lowest BCUT2D eigenvalue weighted by atomic mass is 10.1. The van der Waals surface area contributed by atoms with Gasteiger partial charge in [-0.1, -0.05) is 12.1 Å². The molecule has 0 aliphatic carbocycles. The van der Waals surface area contributed by atoms with E-state index in [4.69, 9.17) is 5.11 Å². The Morgan fingerprint density at radius 1 is 1.11 bits per heavy atom. The lowest BCUT2D eigenvalue weighted by Crippen LogP contribution is -2.55. The van der Waals surface area contributed by atoms with Crippen molar-refractivity contribution in [1.29, 1.82) is 0 Å². The molecule has 3 heterocycles. The minimum Gasteiger partial charge on any atom is -0.387 e. The molecule has 4 aromatic rings. The maximum Gasteiger partial charge on any atom is 0.274 e. The molecule has 5 rings (SSSR count). The number of amides is 1. The maximum atomic E-state index is 14.6.